The lowest BCUT2D eigenvalue weighted by Gasteiger charge is -2.21. The molecule has 0 spiro atoms. The van der Waals surface area contributed by atoms with Gasteiger partial charge in [0.1, 0.15) is 5.75 Å². The van der Waals surface area contributed by atoms with Crippen LogP contribution in [-0.2, 0) is 6.42 Å². The summed E-state index contributed by atoms with van der Waals surface area (Å²) in [6.45, 7) is 3.83. The van der Waals surface area contributed by atoms with Crippen molar-refractivity contribution in [3.05, 3.63) is 59.4 Å². The number of nitrogens with one attached hydrogen (secondary N) is 1. The van der Waals surface area contributed by atoms with Crippen molar-refractivity contribution in [2.75, 3.05) is 13.2 Å². The highest BCUT2D eigenvalue weighted by Crippen LogP contribution is 2.35. The molecule has 0 fully saturated rings. The molecule has 0 amide bonds. The molecule has 1 aliphatic rings. The summed E-state index contributed by atoms with van der Waals surface area (Å²) in [5.74, 6) is 1.06. The Morgan fingerprint density at radius 2 is 2.11 bits per heavy atom. The lowest BCUT2D eigenvalue weighted by molar-refractivity contribution is 0.350. The first-order chi connectivity index (χ1) is 9.40. The van der Waals surface area contributed by atoms with Crippen LogP contribution in [0, 0.1) is 0 Å². The van der Waals surface area contributed by atoms with E-state index in [4.69, 9.17) is 4.74 Å². The number of hydrogen-bond donors (Lipinski definition) is 1. The molecule has 2 aromatic rings. The largest absolute Gasteiger partial charge is 0.493 e. The van der Waals surface area contributed by atoms with Crippen molar-refractivity contribution >= 4 is 0 Å². The Kier molecular flexibility index (Phi) is 3.47. The van der Waals surface area contributed by atoms with E-state index >= 15 is 0 Å². The van der Waals surface area contributed by atoms with Gasteiger partial charge in [-0.05, 0) is 29.8 Å². The van der Waals surface area contributed by atoms with E-state index in [9.17, 15) is 0 Å². The van der Waals surface area contributed by atoms with E-state index in [0.29, 0.717) is 0 Å². The van der Waals surface area contributed by atoms with Gasteiger partial charge in [0, 0.05) is 24.4 Å². The molecule has 1 aromatic heterocycles. The molecule has 19 heavy (non-hydrogen) atoms. The molecule has 0 radical (unpaired) electrons. The molecule has 0 saturated heterocycles. The number of rotatable bonds is 4. The number of benzene rings is 1. The number of pyridine rings is 1. The smallest absolute Gasteiger partial charge is 0.127 e. The van der Waals surface area contributed by atoms with E-state index in [2.05, 4.69) is 47.6 Å². The average molecular weight is 254 g/mol. The van der Waals surface area contributed by atoms with Crippen LogP contribution in [0.1, 0.15) is 29.7 Å². The van der Waals surface area contributed by atoms with Crippen LogP contribution < -0.4 is 10.1 Å². The Hall–Kier alpha value is -1.87. The van der Waals surface area contributed by atoms with Gasteiger partial charge in [0.2, 0.25) is 0 Å². The van der Waals surface area contributed by atoms with Gasteiger partial charge in [0.25, 0.3) is 0 Å². The van der Waals surface area contributed by atoms with Crippen LogP contribution in [0.5, 0.6) is 5.75 Å². The summed E-state index contributed by atoms with van der Waals surface area (Å²) in [5.41, 5.74) is 3.76. The second-order valence-electron chi connectivity index (χ2n) is 4.71. The molecule has 0 bridgehead atoms. The summed E-state index contributed by atoms with van der Waals surface area (Å²) in [6.07, 6.45) is 4.69. The van der Waals surface area contributed by atoms with Gasteiger partial charge in [-0.1, -0.05) is 25.1 Å². The molecule has 1 aliphatic heterocycles. The van der Waals surface area contributed by atoms with Crippen molar-refractivity contribution in [3.8, 4) is 5.75 Å². The van der Waals surface area contributed by atoms with Crippen molar-refractivity contribution in [1.29, 1.82) is 0 Å². The molecule has 1 atom stereocenters. The zero-order valence-electron chi connectivity index (χ0n) is 11.1. The molecule has 1 N–H and O–H groups in total. The SMILES string of the molecule is CCNC(c1ccncc1)c1cccc2c1OCC2. The van der Waals surface area contributed by atoms with E-state index in [1.165, 1.54) is 16.7 Å². The number of aromatic nitrogens is 1. The number of para-hydroxylation sites is 1. The molecule has 2 heterocycles. The van der Waals surface area contributed by atoms with Crippen molar-refractivity contribution in [3.63, 3.8) is 0 Å². The lowest BCUT2D eigenvalue weighted by atomic mass is 9.96. The van der Waals surface area contributed by atoms with E-state index in [1.807, 2.05) is 12.4 Å². The first-order valence-corrected chi connectivity index (χ1v) is 6.78. The fourth-order valence-corrected chi connectivity index (χ4v) is 2.64. The van der Waals surface area contributed by atoms with Gasteiger partial charge in [-0.2, -0.15) is 0 Å². The van der Waals surface area contributed by atoms with Gasteiger partial charge in [0.05, 0.1) is 12.6 Å². The van der Waals surface area contributed by atoms with Gasteiger partial charge >= 0.3 is 0 Å². The van der Waals surface area contributed by atoms with Crippen LogP contribution in [0.15, 0.2) is 42.7 Å². The third-order valence-corrected chi connectivity index (χ3v) is 3.50. The minimum absolute atomic E-state index is 0.168. The van der Waals surface area contributed by atoms with Crippen molar-refractivity contribution in [2.45, 2.75) is 19.4 Å². The van der Waals surface area contributed by atoms with Crippen LogP contribution in [0.2, 0.25) is 0 Å². The summed E-state index contributed by atoms with van der Waals surface area (Å²) < 4.78 is 5.82. The molecule has 0 aliphatic carbocycles. The summed E-state index contributed by atoms with van der Waals surface area (Å²) in [7, 11) is 0. The third kappa shape index (κ3) is 2.34. The first-order valence-electron chi connectivity index (χ1n) is 6.78. The highest BCUT2D eigenvalue weighted by atomic mass is 16.5. The third-order valence-electron chi connectivity index (χ3n) is 3.50. The van der Waals surface area contributed by atoms with Crippen LogP contribution in [0.4, 0.5) is 0 Å². The van der Waals surface area contributed by atoms with Gasteiger partial charge < -0.3 is 10.1 Å². The van der Waals surface area contributed by atoms with Gasteiger partial charge in [-0.25, -0.2) is 0 Å². The highest BCUT2D eigenvalue weighted by Gasteiger charge is 2.22. The topological polar surface area (TPSA) is 34.2 Å². The zero-order valence-corrected chi connectivity index (χ0v) is 11.1. The van der Waals surface area contributed by atoms with Gasteiger partial charge in [-0.15, -0.1) is 0 Å². The maximum atomic E-state index is 5.82. The van der Waals surface area contributed by atoms with Crippen molar-refractivity contribution in [2.24, 2.45) is 0 Å². The van der Waals surface area contributed by atoms with Gasteiger partial charge in [0.15, 0.2) is 0 Å². The maximum absolute atomic E-state index is 5.82. The standard InChI is InChI=1S/C16H18N2O/c1-2-18-15(12-6-9-17-10-7-12)14-5-3-4-13-8-11-19-16(13)14/h3-7,9-10,15,18H,2,8,11H2,1H3. The van der Waals surface area contributed by atoms with Gasteiger partial charge in [-0.3, -0.25) is 4.98 Å². The second kappa shape index (κ2) is 5.41. The van der Waals surface area contributed by atoms with Crippen LogP contribution in [-0.4, -0.2) is 18.1 Å². The van der Waals surface area contributed by atoms with E-state index in [0.717, 1.165) is 25.3 Å². The molecule has 98 valence electrons. The molecule has 0 saturated carbocycles. The Bertz CT molecular complexity index is 554. The Labute approximate surface area is 113 Å². The molecular weight excluding hydrogens is 236 g/mol. The molecule has 1 aromatic carbocycles. The Morgan fingerprint density at radius 3 is 2.89 bits per heavy atom. The normalized spacial score (nSPS) is 14.8. The molecule has 3 heteroatoms. The lowest BCUT2D eigenvalue weighted by Crippen LogP contribution is -2.22. The average Bonchev–Trinajstić information content (AvgIpc) is 2.94. The number of hydrogen-bond acceptors (Lipinski definition) is 3. The molecule has 3 rings (SSSR count). The van der Waals surface area contributed by atoms with Crippen molar-refractivity contribution < 1.29 is 4.74 Å². The van der Waals surface area contributed by atoms with Crippen LogP contribution in [0.25, 0.3) is 0 Å². The number of nitrogens with zero attached hydrogens (tertiary/aromatic N) is 1. The summed E-state index contributed by atoms with van der Waals surface area (Å²) in [4.78, 5) is 4.10. The quantitative estimate of drug-likeness (QED) is 0.911. The fraction of sp³-hybridized carbons (Fsp3) is 0.312. The number of ether oxygens (including phenoxy) is 1. The fourth-order valence-electron chi connectivity index (χ4n) is 2.64. The van der Waals surface area contributed by atoms with E-state index < -0.39 is 0 Å². The summed E-state index contributed by atoms with van der Waals surface area (Å²) in [6, 6.07) is 10.7. The Morgan fingerprint density at radius 1 is 1.26 bits per heavy atom. The monoisotopic (exact) mass is 254 g/mol. The first kappa shape index (κ1) is 12.2. The summed E-state index contributed by atoms with van der Waals surface area (Å²) in [5, 5.41) is 3.54. The Balaban J connectivity index is 2.04. The zero-order chi connectivity index (χ0) is 13.1. The van der Waals surface area contributed by atoms with Crippen LogP contribution >= 0.6 is 0 Å². The minimum atomic E-state index is 0.168. The molecule has 1 unspecified atom stereocenters. The number of fused-ring (bicyclic) bond motifs is 1. The predicted octanol–water partition coefficient (Wildman–Crippen LogP) is 2.72. The van der Waals surface area contributed by atoms with E-state index in [1.54, 1.807) is 0 Å². The van der Waals surface area contributed by atoms with E-state index in [-0.39, 0.29) is 6.04 Å². The van der Waals surface area contributed by atoms with Crippen LogP contribution in [0.3, 0.4) is 0 Å². The molecular formula is C16H18N2O. The van der Waals surface area contributed by atoms with Crippen molar-refractivity contribution in [1.82, 2.24) is 10.3 Å². The maximum Gasteiger partial charge on any atom is 0.127 e. The predicted molar refractivity (Wildman–Crippen MR) is 75.4 cm³/mol. The minimum Gasteiger partial charge on any atom is -0.493 e. The molecule has 3 nitrogen and oxygen atoms in total. The second-order valence-corrected chi connectivity index (χ2v) is 4.71. The highest BCUT2D eigenvalue weighted by molar-refractivity contribution is 5.48. The summed E-state index contributed by atoms with van der Waals surface area (Å²) >= 11 is 0.